The normalized spacial score (nSPS) is 10.8. The van der Waals surface area contributed by atoms with Crippen molar-refractivity contribution in [2.45, 2.75) is 13.5 Å². The second-order valence-electron chi connectivity index (χ2n) is 5.68. The van der Waals surface area contributed by atoms with Crippen LogP contribution in [-0.2, 0) is 11.3 Å². The fourth-order valence-electron chi connectivity index (χ4n) is 2.54. The number of pyridine rings is 1. The molecule has 6 heteroatoms. The summed E-state index contributed by atoms with van der Waals surface area (Å²) >= 11 is 0. The van der Waals surface area contributed by atoms with Gasteiger partial charge in [-0.1, -0.05) is 18.2 Å². The van der Waals surface area contributed by atoms with Gasteiger partial charge in [0.05, 0.1) is 0 Å². The van der Waals surface area contributed by atoms with Crippen molar-refractivity contribution in [3.63, 3.8) is 0 Å². The van der Waals surface area contributed by atoms with Crippen LogP contribution in [0.15, 0.2) is 53.1 Å². The SMILES string of the molecule is Cc1oc2ccccc2c1CN(C)C(=O)/C=C/c1ccc(N)nc1.Cl. The van der Waals surface area contributed by atoms with Gasteiger partial charge in [-0.2, -0.15) is 0 Å². The Kier molecular flexibility index (Phi) is 5.83. The molecule has 1 aromatic carbocycles. The summed E-state index contributed by atoms with van der Waals surface area (Å²) in [6.07, 6.45) is 4.89. The first-order valence-electron chi connectivity index (χ1n) is 7.66. The van der Waals surface area contributed by atoms with Crippen molar-refractivity contribution in [1.29, 1.82) is 0 Å². The van der Waals surface area contributed by atoms with E-state index in [1.807, 2.05) is 37.3 Å². The largest absolute Gasteiger partial charge is 0.461 e. The van der Waals surface area contributed by atoms with E-state index >= 15 is 0 Å². The highest BCUT2D eigenvalue weighted by Crippen LogP contribution is 2.26. The van der Waals surface area contributed by atoms with Gasteiger partial charge in [-0.05, 0) is 36.8 Å². The zero-order chi connectivity index (χ0) is 17.1. The smallest absolute Gasteiger partial charge is 0.246 e. The third-order valence-electron chi connectivity index (χ3n) is 3.90. The zero-order valence-corrected chi connectivity index (χ0v) is 14.9. The maximum Gasteiger partial charge on any atom is 0.246 e. The molecule has 0 unspecified atom stereocenters. The molecular weight excluding hydrogens is 338 g/mol. The number of nitrogen functional groups attached to an aromatic ring is 1. The van der Waals surface area contributed by atoms with E-state index in [9.17, 15) is 4.79 Å². The van der Waals surface area contributed by atoms with E-state index in [-0.39, 0.29) is 18.3 Å². The number of amides is 1. The second-order valence-corrected chi connectivity index (χ2v) is 5.68. The summed E-state index contributed by atoms with van der Waals surface area (Å²) in [4.78, 5) is 18.0. The Morgan fingerprint density at radius 1 is 1.28 bits per heavy atom. The van der Waals surface area contributed by atoms with E-state index < -0.39 is 0 Å². The highest BCUT2D eigenvalue weighted by Gasteiger charge is 2.14. The Hall–Kier alpha value is -2.79. The third-order valence-corrected chi connectivity index (χ3v) is 3.90. The van der Waals surface area contributed by atoms with Gasteiger partial charge in [-0.3, -0.25) is 4.79 Å². The van der Waals surface area contributed by atoms with Crippen LogP contribution in [0, 0.1) is 6.92 Å². The molecule has 0 saturated carbocycles. The number of rotatable bonds is 4. The number of para-hydroxylation sites is 1. The molecule has 0 aliphatic carbocycles. The van der Waals surface area contributed by atoms with Crippen molar-refractivity contribution in [3.05, 3.63) is 65.6 Å². The number of likely N-dealkylation sites (N-methyl/N-ethyl adjacent to an activating group) is 1. The van der Waals surface area contributed by atoms with Crippen LogP contribution in [-0.4, -0.2) is 22.8 Å². The van der Waals surface area contributed by atoms with E-state index in [4.69, 9.17) is 10.2 Å². The van der Waals surface area contributed by atoms with E-state index in [1.54, 1.807) is 30.3 Å². The lowest BCUT2D eigenvalue weighted by Gasteiger charge is -2.15. The van der Waals surface area contributed by atoms with Crippen molar-refractivity contribution < 1.29 is 9.21 Å². The molecule has 0 spiro atoms. The Labute approximate surface area is 152 Å². The number of aromatic nitrogens is 1. The van der Waals surface area contributed by atoms with Crippen LogP contribution in [0.2, 0.25) is 0 Å². The predicted octanol–water partition coefficient (Wildman–Crippen LogP) is 3.81. The van der Waals surface area contributed by atoms with Crippen LogP contribution in [0.4, 0.5) is 5.82 Å². The molecule has 0 radical (unpaired) electrons. The first-order chi connectivity index (χ1) is 11.5. The number of carbonyl (C=O) groups excluding carboxylic acids is 1. The summed E-state index contributed by atoms with van der Waals surface area (Å²) in [5.74, 6) is 1.21. The second kappa shape index (κ2) is 7.85. The number of hydrogen-bond acceptors (Lipinski definition) is 4. The number of aryl methyl sites for hydroxylation is 1. The van der Waals surface area contributed by atoms with E-state index in [1.165, 1.54) is 6.08 Å². The first-order valence-corrected chi connectivity index (χ1v) is 7.66. The molecule has 3 rings (SSSR count). The molecule has 0 bridgehead atoms. The molecule has 2 aromatic heterocycles. The maximum absolute atomic E-state index is 12.3. The van der Waals surface area contributed by atoms with Gasteiger partial charge in [0.15, 0.2) is 0 Å². The number of carbonyl (C=O) groups is 1. The van der Waals surface area contributed by atoms with E-state index in [0.717, 1.165) is 27.9 Å². The molecule has 0 aliphatic heterocycles. The van der Waals surface area contributed by atoms with Crippen LogP contribution in [0.3, 0.4) is 0 Å². The number of nitrogens with zero attached hydrogens (tertiary/aromatic N) is 2. The fourth-order valence-corrected chi connectivity index (χ4v) is 2.54. The summed E-state index contributed by atoms with van der Waals surface area (Å²) in [6, 6.07) is 11.4. The van der Waals surface area contributed by atoms with Crippen molar-refractivity contribution >= 4 is 41.2 Å². The molecule has 1 amide bonds. The average molecular weight is 358 g/mol. The predicted molar refractivity (Wildman–Crippen MR) is 102 cm³/mol. The van der Waals surface area contributed by atoms with Gasteiger partial charge >= 0.3 is 0 Å². The van der Waals surface area contributed by atoms with Gasteiger partial charge in [0.25, 0.3) is 0 Å². The summed E-state index contributed by atoms with van der Waals surface area (Å²) < 4.78 is 5.74. The third kappa shape index (κ3) is 4.19. The molecule has 3 aromatic rings. The van der Waals surface area contributed by atoms with Crippen molar-refractivity contribution in [2.24, 2.45) is 0 Å². The van der Waals surface area contributed by atoms with Crippen molar-refractivity contribution in [1.82, 2.24) is 9.88 Å². The minimum atomic E-state index is -0.0866. The number of benzene rings is 1. The van der Waals surface area contributed by atoms with Crippen molar-refractivity contribution in [3.8, 4) is 0 Å². The number of furan rings is 1. The maximum atomic E-state index is 12.3. The quantitative estimate of drug-likeness (QED) is 0.720. The van der Waals surface area contributed by atoms with Gasteiger partial charge in [-0.15, -0.1) is 12.4 Å². The van der Waals surface area contributed by atoms with Gasteiger partial charge < -0.3 is 15.1 Å². The highest BCUT2D eigenvalue weighted by atomic mass is 35.5. The van der Waals surface area contributed by atoms with Gasteiger partial charge in [0.1, 0.15) is 17.2 Å². The molecule has 0 saturated heterocycles. The minimum Gasteiger partial charge on any atom is -0.461 e. The lowest BCUT2D eigenvalue weighted by molar-refractivity contribution is -0.125. The monoisotopic (exact) mass is 357 g/mol. The summed E-state index contributed by atoms with van der Waals surface area (Å²) in [7, 11) is 1.77. The van der Waals surface area contributed by atoms with E-state index in [2.05, 4.69) is 4.98 Å². The Balaban J connectivity index is 0.00000225. The molecule has 2 heterocycles. The van der Waals surface area contributed by atoms with Gasteiger partial charge in [0.2, 0.25) is 5.91 Å². The fraction of sp³-hybridized carbons (Fsp3) is 0.158. The summed E-state index contributed by atoms with van der Waals surface area (Å²) in [6.45, 7) is 2.41. The molecule has 25 heavy (non-hydrogen) atoms. The number of nitrogens with two attached hydrogens (primary N) is 1. The number of fused-ring (bicyclic) bond motifs is 1. The molecule has 0 atom stereocenters. The van der Waals surface area contributed by atoms with Gasteiger partial charge in [-0.25, -0.2) is 4.98 Å². The van der Waals surface area contributed by atoms with Crippen LogP contribution >= 0.6 is 12.4 Å². The molecular formula is C19H20ClN3O2. The summed E-state index contributed by atoms with van der Waals surface area (Å²) in [5, 5.41) is 1.04. The molecule has 5 nitrogen and oxygen atoms in total. The number of halogens is 1. The Morgan fingerprint density at radius 3 is 2.76 bits per heavy atom. The molecule has 2 N–H and O–H groups in total. The van der Waals surface area contributed by atoms with E-state index in [0.29, 0.717) is 12.4 Å². The highest BCUT2D eigenvalue weighted by molar-refractivity contribution is 5.92. The van der Waals surface area contributed by atoms with Crippen molar-refractivity contribution in [2.75, 3.05) is 12.8 Å². The number of anilines is 1. The first kappa shape index (κ1) is 18.5. The lowest BCUT2D eigenvalue weighted by Crippen LogP contribution is -2.24. The molecule has 0 fully saturated rings. The topological polar surface area (TPSA) is 72.4 Å². The average Bonchev–Trinajstić information content (AvgIpc) is 2.90. The Bertz CT molecular complexity index is 901. The molecule has 130 valence electrons. The lowest BCUT2D eigenvalue weighted by atomic mass is 10.1. The van der Waals surface area contributed by atoms with Crippen LogP contribution < -0.4 is 5.73 Å². The van der Waals surface area contributed by atoms with Gasteiger partial charge in [0, 0.05) is 36.8 Å². The standard InChI is InChI=1S/C19H19N3O2.ClH/c1-13-16(15-5-3-4-6-17(15)24-13)12-22(2)19(23)10-8-14-7-9-18(20)21-11-14;/h3-11H,12H2,1-2H3,(H2,20,21);1H/b10-8+;. The zero-order valence-electron chi connectivity index (χ0n) is 14.1. The minimum absolute atomic E-state index is 0. The van der Waals surface area contributed by atoms with Crippen LogP contribution in [0.25, 0.3) is 17.0 Å². The number of hydrogen-bond donors (Lipinski definition) is 1. The van der Waals surface area contributed by atoms with Crippen LogP contribution in [0.1, 0.15) is 16.9 Å². The summed E-state index contributed by atoms with van der Waals surface area (Å²) in [5.41, 5.74) is 8.25. The Morgan fingerprint density at radius 2 is 2.04 bits per heavy atom. The molecule has 0 aliphatic rings. The van der Waals surface area contributed by atoms with Crippen LogP contribution in [0.5, 0.6) is 0 Å².